The first kappa shape index (κ1) is 16.4. The number of halogens is 3. The summed E-state index contributed by atoms with van der Waals surface area (Å²) in [6.45, 7) is 0. The Labute approximate surface area is 118 Å². The summed E-state index contributed by atoms with van der Waals surface area (Å²) in [6, 6.07) is 1.86. The maximum absolute atomic E-state index is 12.7. The molecule has 0 radical (unpaired) electrons. The minimum absolute atomic E-state index is 0.288. The predicted molar refractivity (Wildman–Crippen MR) is 68.5 cm³/mol. The van der Waals surface area contributed by atoms with Crippen LogP contribution in [0.25, 0.3) is 0 Å². The maximum atomic E-state index is 12.7. The van der Waals surface area contributed by atoms with Crippen molar-refractivity contribution in [3.05, 3.63) is 29.8 Å². The number of nitrogens with one attached hydrogen (secondary N) is 2. The van der Waals surface area contributed by atoms with Crippen molar-refractivity contribution < 1.29 is 27.9 Å². The van der Waals surface area contributed by atoms with Crippen LogP contribution < -0.4 is 10.6 Å². The Hall–Kier alpha value is -2.69. The quantitative estimate of drug-likeness (QED) is 0.747. The average Bonchev–Trinajstić information content (AvgIpc) is 2.37. The van der Waals surface area contributed by atoms with E-state index in [1.807, 2.05) is 10.6 Å². The lowest BCUT2D eigenvalue weighted by Gasteiger charge is -2.16. The molecule has 1 aromatic rings. The standard InChI is InChI=1S/C13H11F3N2O3/c1-2-5-10(11(19)20)18-12(21)17-9-7-4-3-6-8(9)13(14,15)16/h1,3-4,6-7,10H,5H2,(H,19,20)(H2,17,18,21). The van der Waals surface area contributed by atoms with Crippen LogP contribution in [0.3, 0.4) is 0 Å². The highest BCUT2D eigenvalue weighted by atomic mass is 19.4. The summed E-state index contributed by atoms with van der Waals surface area (Å²) in [7, 11) is 0. The molecule has 1 rings (SSSR count). The van der Waals surface area contributed by atoms with Gasteiger partial charge in [-0.25, -0.2) is 9.59 Å². The maximum Gasteiger partial charge on any atom is 0.418 e. The lowest BCUT2D eigenvalue weighted by molar-refractivity contribution is -0.139. The summed E-state index contributed by atoms with van der Waals surface area (Å²) in [5.41, 5.74) is -1.52. The van der Waals surface area contributed by atoms with Gasteiger partial charge < -0.3 is 15.7 Å². The molecule has 2 amide bonds. The van der Waals surface area contributed by atoms with Crippen molar-refractivity contribution in [3.63, 3.8) is 0 Å². The highest BCUT2D eigenvalue weighted by molar-refractivity contribution is 5.93. The summed E-state index contributed by atoms with van der Waals surface area (Å²) >= 11 is 0. The summed E-state index contributed by atoms with van der Waals surface area (Å²) in [6.07, 6.45) is 0.0109. The number of rotatable bonds is 4. The second kappa shape index (κ2) is 6.65. The first-order chi connectivity index (χ1) is 9.75. The number of anilines is 1. The summed E-state index contributed by atoms with van der Waals surface area (Å²) < 4.78 is 38.2. The number of benzene rings is 1. The van der Waals surface area contributed by atoms with Gasteiger partial charge in [0.25, 0.3) is 0 Å². The molecule has 0 aliphatic carbocycles. The Morgan fingerprint density at radius 2 is 1.95 bits per heavy atom. The fraction of sp³-hybridized carbons (Fsp3) is 0.231. The van der Waals surface area contributed by atoms with Crippen molar-refractivity contribution >= 4 is 17.7 Å². The third-order valence-corrected chi connectivity index (χ3v) is 2.41. The summed E-state index contributed by atoms with van der Waals surface area (Å²) in [5.74, 6) is 0.668. The number of carbonyl (C=O) groups excluding carboxylic acids is 1. The van der Waals surface area contributed by atoms with Crippen LogP contribution in [0.2, 0.25) is 0 Å². The smallest absolute Gasteiger partial charge is 0.418 e. The van der Waals surface area contributed by atoms with E-state index in [1.165, 1.54) is 12.1 Å². The molecule has 3 N–H and O–H groups in total. The molecule has 21 heavy (non-hydrogen) atoms. The van der Waals surface area contributed by atoms with Gasteiger partial charge in [0.15, 0.2) is 0 Å². The van der Waals surface area contributed by atoms with E-state index in [0.717, 1.165) is 12.1 Å². The van der Waals surface area contributed by atoms with E-state index in [4.69, 9.17) is 11.5 Å². The van der Waals surface area contributed by atoms with Gasteiger partial charge in [0, 0.05) is 6.42 Å². The third-order valence-electron chi connectivity index (χ3n) is 2.41. The van der Waals surface area contributed by atoms with Gasteiger partial charge in [0.1, 0.15) is 6.04 Å². The number of hydrogen-bond acceptors (Lipinski definition) is 2. The van der Waals surface area contributed by atoms with Crippen LogP contribution in [0.5, 0.6) is 0 Å². The minimum Gasteiger partial charge on any atom is -0.480 e. The van der Waals surface area contributed by atoms with Gasteiger partial charge in [-0.05, 0) is 12.1 Å². The number of carboxylic acids is 1. The molecule has 1 unspecified atom stereocenters. The fourth-order valence-electron chi connectivity index (χ4n) is 1.47. The molecule has 0 fully saturated rings. The monoisotopic (exact) mass is 300 g/mol. The topological polar surface area (TPSA) is 78.4 Å². The number of alkyl halides is 3. The van der Waals surface area contributed by atoms with Gasteiger partial charge in [-0.1, -0.05) is 12.1 Å². The largest absolute Gasteiger partial charge is 0.480 e. The van der Waals surface area contributed by atoms with Crippen LogP contribution in [0, 0.1) is 12.3 Å². The van der Waals surface area contributed by atoms with Gasteiger partial charge in [-0.2, -0.15) is 13.2 Å². The van der Waals surface area contributed by atoms with E-state index < -0.39 is 35.5 Å². The molecule has 0 bridgehead atoms. The van der Waals surface area contributed by atoms with Crippen LogP contribution in [0.1, 0.15) is 12.0 Å². The van der Waals surface area contributed by atoms with Crippen LogP contribution in [-0.2, 0) is 11.0 Å². The van der Waals surface area contributed by atoms with E-state index in [1.54, 1.807) is 0 Å². The molecule has 1 aromatic carbocycles. The second-order valence-corrected chi connectivity index (χ2v) is 3.94. The zero-order valence-electron chi connectivity index (χ0n) is 10.6. The van der Waals surface area contributed by atoms with E-state index in [-0.39, 0.29) is 6.42 Å². The number of amides is 2. The van der Waals surface area contributed by atoms with E-state index in [0.29, 0.717) is 0 Å². The Balaban J connectivity index is 2.85. The normalized spacial score (nSPS) is 12.1. The lowest BCUT2D eigenvalue weighted by atomic mass is 10.1. The molecule has 8 heteroatoms. The highest BCUT2D eigenvalue weighted by Gasteiger charge is 2.33. The zero-order chi connectivity index (χ0) is 16.0. The number of urea groups is 1. The molecule has 112 valence electrons. The lowest BCUT2D eigenvalue weighted by Crippen LogP contribution is -2.43. The van der Waals surface area contributed by atoms with E-state index >= 15 is 0 Å². The van der Waals surface area contributed by atoms with Crippen molar-refractivity contribution in [3.8, 4) is 12.3 Å². The Bertz CT molecular complexity index is 579. The molecule has 0 spiro atoms. The molecule has 0 aliphatic heterocycles. The van der Waals surface area contributed by atoms with Crippen LogP contribution in [0.15, 0.2) is 24.3 Å². The number of para-hydroxylation sites is 1. The zero-order valence-corrected chi connectivity index (χ0v) is 10.6. The average molecular weight is 300 g/mol. The molecule has 0 heterocycles. The van der Waals surface area contributed by atoms with Gasteiger partial charge >= 0.3 is 18.2 Å². The van der Waals surface area contributed by atoms with Crippen LogP contribution in [-0.4, -0.2) is 23.1 Å². The predicted octanol–water partition coefficient (Wildman–Crippen LogP) is 2.30. The van der Waals surface area contributed by atoms with Crippen LogP contribution >= 0.6 is 0 Å². The van der Waals surface area contributed by atoms with E-state index in [9.17, 15) is 22.8 Å². The minimum atomic E-state index is -4.64. The fourth-order valence-corrected chi connectivity index (χ4v) is 1.47. The Morgan fingerprint density at radius 3 is 2.48 bits per heavy atom. The highest BCUT2D eigenvalue weighted by Crippen LogP contribution is 2.34. The van der Waals surface area contributed by atoms with Gasteiger partial charge in [-0.3, -0.25) is 0 Å². The molecule has 5 nitrogen and oxygen atoms in total. The van der Waals surface area contributed by atoms with Crippen molar-refractivity contribution in [2.24, 2.45) is 0 Å². The number of aliphatic carboxylic acids is 1. The number of carbonyl (C=O) groups is 2. The van der Waals surface area contributed by atoms with Gasteiger partial charge in [0.2, 0.25) is 0 Å². The van der Waals surface area contributed by atoms with Gasteiger partial charge in [-0.15, -0.1) is 12.3 Å². The Kier molecular flexibility index (Phi) is 5.18. The first-order valence-electron chi connectivity index (χ1n) is 5.65. The van der Waals surface area contributed by atoms with Crippen molar-refractivity contribution in [1.29, 1.82) is 0 Å². The Morgan fingerprint density at radius 1 is 1.33 bits per heavy atom. The second-order valence-electron chi connectivity index (χ2n) is 3.94. The molecule has 0 aromatic heterocycles. The SMILES string of the molecule is C#CCC(NC(=O)Nc1ccccc1C(F)(F)F)C(=O)O. The number of carboxylic acid groups (broad SMARTS) is 1. The van der Waals surface area contributed by atoms with Gasteiger partial charge in [0.05, 0.1) is 11.3 Å². The summed E-state index contributed by atoms with van der Waals surface area (Å²) in [4.78, 5) is 22.3. The molecular weight excluding hydrogens is 289 g/mol. The molecule has 0 saturated heterocycles. The summed E-state index contributed by atoms with van der Waals surface area (Å²) in [5, 5.41) is 12.7. The number of hydrogen-bond donors (Lipinski definition) is 3. The van der Waals surface area contributed by atoms with Crippen molar-refractivity contribution in [2.45, 2.75) is 18.6 Å². The van der Waals surface area contributed by atoms with E-state index in [2.05, 4.69) is 5.92 Å². The third kappa shape index (κ3) is 4.72. The first-order valence-corrected chi connectivity index (χ1v) is 5.65. The molecule has 0 saturated carbocycles. The van der Waals surface area contributed by atoms with Crippen molar-refractivity contribution in [1.82, 2.24) is 5.32 Å². The molecule has 0 aliphatic rings. The number of terminal acetylenes is 1. The van der Waals surface area contributed by atoms with Crippen LogP contribution in [0.4, 0.5) is 23.7 Å². The molecular formula is C13H11F3N2O3. The molecule has 1 atom stereocenters. The van der Waals surface area contributed by atoms with Crippen molar-refractivity contribution in [2.75, 3.05) is 5.32 Å².